The monoisotopic (exact) mass is 391 g/mol. The van der Waals surface area contributed by atoms with Crippen molar-refractivity contribution >= 4 is 33.5 Å². The lowest BCUT2D eigenvalue weighted by atomic mass is 10.2. The topological polar surface area (TPSA) is 64.6 Å². The zero-order valence-corrected chi connectivity index (χ0v) is 15.1. The molecule has 2 aromatic rings. The summed E-state index contributed by atoms with van der Waals surface area (Å²) in [6.07, 6.45) is 0. The molecular formula is C18H18BrNO4. The molecule has 0 aliphatic heterocycles. The molecule has 1 amide bonds. The van der Waals surface area contributed by atoms with Gasteiger partial charge in [-0.05, 0) is 71.7 Å². The Morgan fingerprint density at radius 3 is 2.46 bits per heavy atom. The molecule has 0 aliphatic rings. The van der Waals surface area contributed by atoms with Crippen LogP contribution in [0.2, 0.25) is 0 Å². The number of amides is 1. The van der Waals surface area contributed by atoms with Crippen molar-refractivity contribution in [3.63, 3.8) is 0 Å². The van der Waals surface area contributed by atoms with E-state index in [0.717, 1.165) is 10.0 Å². The second-order valence-electron chi connectivity index (χ2n) is 5.06. The number of ether oxygens (including phenoxy) is 2. The third-order valence-electron chi connectivity index (χ3n) is 3.13. The summed E-state index contributed by atoms with van der Waals surface area (Å²) in [5.41, 5.74) is 2.06. The normalized spacial score (nSPS) is 10.1. The molecule has 6 heteroatoms. The first kappa shape index (κ1) is 18.0. The number of nitrogens with one attached hydrogen (secondary N) is 1. The van der Waals surface area contributed by atoms with Crippen LogP contribution in [0.1, 0.15) is 22.8 Å². The molecule has 0 fully saturated rings. The molecule has 0 bridgehead atoms. The van der Waals surface area contributed by atoms with Gasteiger partial charge in [-0.3, -0.25) is 4.79 Å². The van der Waals surface area contributed by atoms with Crippen molar-refractivity contribution in [1.82, 2.24) is 0 Å². The summed E-state index contributed by atoms with van der Waals surface area (Å²) < 4.78 is 11.1. The molecule has 126 valence electrons. The summed E-state index contributed by atoms with van der Waals surface area (Å²) >= 11 is 3.38. The Morgan fingerprint density at radius 1 is 1.12 bits per heavy atom. The zero-order chi connectivity index (χ0) is 17.5. The van der Waals surface area contributed by atoms with Crippen molar-refractivity contribution in [3.05, 3.63) is 58.1 Å². The van der Waals surface area contributed by atoms with Crippen LogP contribution < -0.4 is 10.1 Å². The smallest absolute Gasteiger partial charge is 0.338 e. The quantitative estimate of drug-likeness (QED) is 0.757. The minimum atomic E-state index is -0.559. The lowest BCUT2D eigenvalue weighted by Gasteiger charge is -2.09. The van der Waals surface area contributed by atoms with Gasteiger partial charge in [-0.25, -0.2) is 4.79 Å². The number of hydrogen-bond acceptors (Lipinski definition) is 4. The van der Waals surface area contributed by atoms with Crippen molar-refractivity contribution in [2.24, 2.45) is 0 Å². The Morgan fingerprint density at radius 2 is 1.83 bits per heavy atom. The van der Waals surface area contributed by atoms with Gasteiger partial charge in [-0.15, -0.1) is 0 Å². The fourth-order valence-corrected chi connectivity index (χ4v) is 2.57. The van der Waals surface area contributed by atoms with E-state index < -0.39 is 11.9 Å². The fraction of sp³-hybridized carbons (Fsp3) is 0.222. The Hall–Kier alpha value is -2.34. The first-order valence-corrected chi connectivity index (χ1v) is 8.25. The van der Waals surface area contributed by atoms with E-state index in [-0.39, 0.29) is 6.61 Å². The summed E-state index contributed by atoms with van der Waals surface area (Å²) in [5, 5.41) is 2.69. The largest absolute Gasteiger partial charge is 0.494 e. The predicted octanol–water partition coefficient (Wildman–Crippen LogP) is 3.95. The van der Waals surface area contributed by atoms with Gasteiger partial charge in [0, 0.05) is 4.47 Å². The summed E-state index contributed by atoms with van der Waals surface area (Å²) in [6.45, 7) is 4.03. The third kappa shape index (κ3) is 5.09. The lowest BCUT2D eigenvalue weighted by molar-refractivity contribution is -0.119. The van der Waals surface area contributed by atoms with Crippen LogP contribution in [-0.2, 0) is 9.53 Å². The van der Waals surface area contributed by atoms with E-state index in [1.54, 1.807) is 30.3 Å². The van der Waals surface area contributed by atoms with Crippen LogP contribution in [0.4, 0.5) is 5.69 Å². The first-order valence-electron chi connectivity index (χ1n) is 7.45. The average Bonchev–Trinajstić information content (AvgIpc) is 2.56. The molecule has 0 unspecified atom stereocenters. The van der Waals surface area contributed by atoms with Crippen LogP contribution in [0.3, 0.4) is 0 Å². The van der Waals surface area contributed by atoms with Gasteiger partial charge in [0.1, 0.15) is 5.75 Å². The SMILES string of the molecule is CCOc1ccc(C(=O)OCC(=O)Nc2ccc(C)cc2Br)cc1. The van der Waals surface area contributed by atoms with E-state index in [4.69, 9.17) is 9.47 Å². The molecule has 0 heterocycles. The fourth-order valence-electron chi connectivity index (χ4n) is 1.98. The Kier molecular flexibility index (Phi) is 6.37. The number of carbonyl (C=O) groups is 2. The van der Waals surface area contributed by atoms with Crippen molar-refractivity contribution in [2.75, 3.05) is 18.5 Å². The van der Waals surface area contributed by atoms with Gasteiger partial charge >= 0.3 is 5.97 Å². The maximum absolute atomic E-state index is 11.9. The second kappa shape index (κ2) is 8.49. The molecule has 5 nitrogen and oxygen atoms in total. The number of halogens is 1. The maximum Gasteiger partial charge on any atom is 0.338 e. The minimum Gasteiger partial charge on any atom is -0.494 e. The van der Waals surface area contributed by atoms with E-state index in [1.807, 2.05) is 26.0 Å². The van der Waals surface area contributed by atoms with E-state index in [9.17, 15) is 9.59 Å². The molecule has 0 radical (unpaired) electrons. The summed E-state index contributed by atoms with van der Waals surface area (Å²) in [6, 6.07) is 12.1. The van der Waals surface area contributed by atoms with Crippen molar-refractivity contribution in [2.45, 2.75) is 13.8 Å². The number of anilines is 1. The van der Waals surface area contributed by atoms with Gasteiger partial charge in [0.15, 0.2) is 6.61 Å². The highest BCUT2D eigenvalue weighted by atomic mass is 79.9. The van der Waals surface area contributed by atoms with E-state index in [0.29, 0.717) is 23.6 Å². The average molecular weight is 392 g/mol. The molecule has 0 aliphatic carbocycles. The minimum absolute atomic E-state index is 0.355. The Labute approximate surface area is 149 Å². The zero-order valence-electron chi connectivity index (χ0n) is 13.5. The number of benzene rings is 2. The Bertz CT molecular complexity index is 728. The number of hydrogen-bond donors (Lipinski definition) is 1. The van der Waals surface area contributed by atoms with E-state index in [2.05, 4.69) is 21.2 Å². The summed E-state index contributed by atoms with van der Waals surface area (Å²) in [5.74, 6) is -0.286. The van der Waals surface area contributed by atoms with Crippen molar-refractivity contribution in [3.8, 4) is 5.75 Å². The second-order valence-corrected chi connectivity index (χ2v) is 5.92. The van der Waals surface area contributed by atoms with Crippen LogP contribution in [0.5, 0.6) is 5.75 Å². The van der Waals surface area contributed by atoms with Gasteiger partial charge in [0.25, 0.3) is 5.91 Å². The molecule has 1 N–H and O–H groups in total. The van der Waals surface area contributed by atoms with Crippen LogP contribution in [0, 0.1) is 6.92 Å². The van der Waals surface area contributed by atoms with E-state index >= 15 is 0 Å². The molecule has 0 aromatic heterocycles. The van der Waals surface area contributed by atoms with Crippen molar-refractivity contribution in [1.29, 1.82) is 0 Å². The molecule has 2 aromatic carbocycles. The summed E-state index contributed by atoms with van der Waals surface area (Å²) in [4.78, 5) is 23.8. The molecule has 24 heavy (non-hydrogen) atoms. The Balaban J connectivity index is 1.87. The number of aryl methyl sites for hydroxylation is 1. The molecule has 0 saturated heterocycles. The van der Waals surface area contributed by atoms with E-state index in [1.165, 1.54) is 0 Å². The number of esters is 1. The standard InChI is InChI=1S/C18H18BrNO4/c1-3-23-14-7-5-13(6-8-14)18(22)24-11-17(21)20-16-9-4-12(2)10-15(16)19/h4-10H,3,11H2,1-2H3,(H,20,21). The summed E-state index contributed by atoms with van der Waals surface area (Å²) in [7, 11) is 0. The predicted molar refractivity (Wildman–Crippen MR) is 95.4 cm³/mol. The first-order chi connectivity index (χ1) is 11.5. The van der Waals surface area contributed by atoms with Crippen LogP contribution >= 0.6 is 15.9 Å². The maximum atomic E-state index is 11.9. The highest BCUT2D eigenvalue weighted by Crippen LogP contribution is 2.23. The number of rotatable bonds is 6. The molecular weight excluding hydrogens is 374 g/mol. The van der Waals surface area contributed by atoms with Crippen molar-refractivity contribution < 1.29 is 19.1 Å². The lowest BCUT2D eigenvalue weighted by Crippen LogP contribution is -2.21. The van der Waals surface area contributed by atoms with Gasteiger partial charge in [-0.2, -0.15) is 0 Å². The highest BCUT2D eigenvalue weighted by Gasteiger charge is 2.11. The molecule has 0 spiro atoms. The van der Waals surface area contributed by atoms with Gasteiger partial charge < -0.3 is 14.8 Å². The molecule has 2 rings (SSSR count). The van der Waals surface area contributed by atoms with Gasteiger partial charge in [0.05, 0.1) is 17.9 Å². The molecule has 0 atom stereocenters. The van der Waals surface area contributed by atoms with Crippen LogP contribution in [-0.4, -0.2) is 25.1 Å². The number of carbonyl (C=O) groups excluding carboxylic acids is 2. The van der Waals surface area contributed by atoms with Crippen LogP contribution in [0.15, 0.2) is 46.9 Å². The third-order valence-corrected chi connectivity index (χ3v) is 3.79. The highest BCUT2D eigenvalue weighted by molar-refractivity contribution is 9.10. The van der Waals surface area contributed by atoms with Gasteiger partial charge in [0.2, 0.25) is 0 Å². The molecule has 0 saturated carbocycles. The van der Waals surface area contributed by atoms with Crippen LogP contribution in [0.25, 0.3) is 0 Å². The van der Waals surface area contributed by atoms with Gasteiger partial charge in [-0.1, -0.05) is 6.07 Å².